The van der Waals surface area contributed by atoms with E-state index in [9.17, 15) is 0 Å². The number of hydrogen-bond donors (Lipinski definition) is 1. The second-order valence-corrected chi connectivity index (χ2v) is 9.95. The molecule has 0 atom stereocenters. The minimum Gasteiger partial charge on any atom is -0.398 e. The van der Waals surface area contributed by atoms with Gasteiger partial charge in [-0.05, 0) is 92.6 Å². The first-order chi connectivity index (χ1) is 20.0. The minimum atomic E-state index is 0.448. The van der Waals surface area contributed by atoms with E-state index in [1.54, 1.807) is 25.2 Å². The van der Waals surface area contributed by atoms with Crippen molar-refractivity contribution in [3.05, 3.63) is 150 Å². The Morgan fingerprint density at radius 1 is 0.732 bits per heavy atom. The van der Waals surface area contributed by atoms with E-state index in [1.165, 1.54) is 16.3 Å². The summed E-state index contributed by atoms with van der Waals surface area (Å²) in [5, 5.41) is 22.8. The summed E-state index contributed by atoms with van der Waals surface area (Å²) in [6.07, 6.45) is 7.99. The van der Waals surface area contributed by atoms with Gasteiger partial charge in [0.05, 0.1) is 12.1 Å². The average molecular weight is 528 g/mol. The van der Waals surface area contributed by atoms with Crippen LogP contribution in [-0.4, -0.2) is 0 Å². The number of nitrogens with two attached hydrogens (primary N) is 1. The molecule has 0 heterocycles. The lowest BCUT2D eigenvalue weighted by atomic mass is 9.85. The van der Waals surface area contributed by atoms with E-state index in [2.05, 4.69) is 104 Å². The third-order valence-corrected chi connectivity index (χ3v) is 7.14. The fourth-order valence-electron chi connectivity index (χ4n) is 5.18. The second kappa shape index (κ2) is 12.0. The molecule has 0 aliphatic carbocycles. The lowest BCUT2D eigenvalue weighted by Crippen LogP contribution is -1.97. The molecule has 0 aliphatic rings. The molecule has 0 amide bonds. The second-order valence-electron chi connectivity index (χ2n) is 9.95. The molecular formula is C38H29N3. The molecule has 5 aromatic carbocycles. The summed E-state index contributed by atoms with van der Waals surface area (Å²) in [6.45, 7) is 5.50. The third kappa shape index (κ3) is 5.71. The number of nitriles is 2. The van der Waals surface area contributed by atoms with Gasteiger partial charge < -0.3 is 5.73 Å². The van der Waals surface area contributed by atoms with Gasteiger partial charge in [-0.2, -0.15) is 10.5 Å². The topological polar surface area (TPSA) is 73.6 Å². The summed E-state index contributed by atoms with van der Waals surface area (Å²) >= 11 is 0. The van der Waals surface area contributed by atoms with Crippen molar-refractivity contribution < 1.29 is 0 Å². The number of rotatable bonds is 7. The fraction of sp³-hybridized carbons (Fsp3) is 0.0526. The fourth-order valence-corrected chi connectivity index (χ4v) is 5.18. The van der Waals surface area contributed by atoms with Crippen molar-refractivity contribution in [3.63, 3.8) is 0 Å². The molecule has 2 N–H and O–H groups in total. The Balaban J connectivity index is 1.71. The predicted octanol–water partition coefficient (Wildman–Crippen LogP) is 9.27. The normalized spacial score (nSPS) is 12.0. The van der Waals surface area contributed by atoms with Crippen molar-refractivity contribution in [3.8, 4) is 34.4 Å². The van der Waals surface area contributed by atoms with E-state index >= 15 is 0 Å². The van der Waals surface area contributed by atoms with Gasteiger partial charge in [0.25, 0.3) is 0 Å². The molecule has 5 aromatic rings. The lowest BCUT2D eigenvalue weighted by Gasteiger charge is -2.18. The zero-order chi connectivity index (χ0) is 28.8. The first kappa shape index (κ1) is 26.9. The lowest BCUT2D eigenvalue weighted by molar-refractivity contribution is 1.27. The summed E-state index contributed by atoms with van der Waals surface area (Å²) in [4.78, 5) is 0. The molecule has 0 bridgehead atoms. The first-order valence-corrected chi connectivity index (χ1v) is 13.4. The molecule has 0 aliphatic heterocycles. The van der Waals surface area contributed by atoms with Crippen LogP contribution in [0.1, 0.15) is 18.1 Å². The Morgan fingerprint density at radius 2 is 1.29 bits per heavy atom. The van der Waals surface area contributed by atoms with Crippen LogP contribution in [0, 0.1) is 22.7 Å². The summed E-state index contributed by atoms with van der Waals surface area (Å²) in [6, 6.07) is 38.2. The predicted molar refractivity (Wildman–Crippen MR) is 171 cm³/mol. The van der Waals surface area contributed by atoms with Gasteiger partial charge in [-0.3, -0.25) is 0 Å². The van der Waals surface area contributed by atoms with E-state index in [0.717, 1.165) is 38.6 Å². The number of nitrogens with zero attached hydrogens (tertiary/aromatic N) is 2. The van der Waals surface area contributed by atoms with Gasteiger partial charge in [0, 0.05) is 16.8 Å². The summed E-state index contributed by atoms with van der Waals surface area (Å²) < 4.78 is 0. The quantitative estimate of drug-likeness (QED) is 0.130. The Kier molecular flexibility index (Phi) is 7.91. The largest absolute Gasteiger partial charge is 0.398 e. The molecular weight excluding hydrogens is 498 g/mol. The molecule has 0 saturated carbocycles. The van der Waals surface area contributed by atoms with E-state index in [0.29, 0.717) is 23.3 Å². The van der Waals surface area contributed by atoms with Crippen LogP contribution in [-0.2, 0) is 6.42 Å². The highest BCUT2D eigenvalue weighted by Crippen LogP contribution is 2.43. The minimum absolute atomic E-state index is 0.448. The van der Waals surface area contributed by atoms with Crippen molar-refractivity contribution in [2.45, 2.75) is 13.3 Å². The molecule has 0 saturated heterocycles. The Morgan fingerprint density at radius 3 is 1.85 bits per heavy atom. The maximum atomic E-state index is 9.09. The molecule has 41 heavy (non-hydrogen) atoms. The Hall–Kier alpha value is -5.64. The highest BCUT2D eigenvalue weighted by Gasteiger charge is 2.17. The van der Waals surface area contributed by atoms with Crippen LogP contribution >= 0.6 is 0 Å². The summed E-state index contributed by atoms with van der Waals surface area (Å²) in [7, 11) is 0. The van der Waals surface area contributed by atoms with E-state index < -0.39 is 0 Å². The molecule has 5 rings (SSSR count). The van der Waals surface area contributed by atoms with E-state index in [1.807, 2.05) is 18.2 Å². The maximum Gasteiger partial charge on any atom is 0.0985 e. The van der Waals surface area contributed by atoms with Crippen LogP contribution in [0.25, 0.3) is 49.5 Å². The van der Waals surface area contributed by atoms with Crippen molar-refractivity contribution in [1.29, 1.82) is 10.5 Å². The summed E-state index contributed by atoms with van der Waals surface area (Å²) in [5.41, 5.74) is 14.7. The average Bonchev–Trinajstić information content (AvgIpc) is 3.02. The molecule has 3 nitrogen and oxygen atoms in total. The van der Waals surface area contributed by atoms with Crippen LogP contribution in [0.2, 0.25) is 0 Å². The number of benzene rings is 5. The Bertz CT molecular complexity index is 1920. The van der Waals surface area contributed by atoms with Crippen LogP contribution in [0.15, 0.2) is 139 Å². The van der Waals surface area contributed by atoms with E-state index in [-0.39, 0.29) is 0 Å². The van der Waals surface area contributed by atoms with Crippen molar-refractivity contribution in [2.24, 2.45) is 5.73 Å². The molecule has 196 valence electrons. The summed E-state index contributed by atoms with van der Waals surface area (Å²) in [5.74, 6) is 0. The highest BCUT2D eigenvalue weighted by atomic mass is 14.6. The Labute approximate surface area is 241 Å². The molecule has 0 spiro atoms. The van der Waals surface area contributed by atoms with Gasteiger partial charge in [0.1, 0.15) is 0 Å². The smallest absolute Gasteiger partial charge is 0.0985 e. The number of allylic oxidation sites excluding steroid dienone is 6. The van der Waals surface area contributed by atoms with Gasteiger partial charge in [0.15, 0.2) is 0 Å². The van der Waals surface area contributed by atoms with Crippen molar-refractivity contribution in [1.82, 2.24) is 0 Å². The van der Waals surface area contributed by atoms with Crippen molar-refractivity contribution >= 4 is 27.2 Å². The van der Waals surface area contributed by atoms with Crippen LogP contribution < -0.4 is 5.73 Å². The third-order valence-electron chi connectivity index (χ3n) is 7.14. The van der Waals surface area contributed by atoms with Crippen LogP contribution in [0.3, 0.4) is 0 Å². The van der Waals surface area contributed by atoms with Gasteiger partial charge in [0.2, 0.25) is 0 Å². The number of fused-ring (bicyclic) bond motifs is 2. The zero-order valence-corrected chi connectivity index (χ0v) is 22.9. The molecule has 0 unspecified atom stereocenters. The van der Waals surface area contributed by atoms with Crippen molar-refractivity contribution in [2.75, 3.05) is 0 Å². The monoisotopic (exact) mass is 527 g/mol. The van der Waals surface area contributed by atoms with Gasteiger partial charge >= 0.3 is 0 Å². The first-order valence-electron chi connectivity index (χ1n) is 13.4. The van der Waals surface area contributed by atoms with Gasteiger partial charge in [-0.25, -0.2) is 0 Å². The molecule has 3 heteroatoms. The van der Waals surface area contributed by atoms with Crippen LogP contribution in [0.5, 0.6) is 0 Å². The van der Waals surface area contributed by atoms with Gasteiger partial charge in [-0.1, -0.05) is 104 Å². The van der Waals surface area contributed by atoms with Crippen LogP contribution in [0.4, 0.5) is 0 Å². The highest BCUT2D eigenvalue weighted by molar-refractivity contribution is 6.21. The number of hydrogen-bond acceptors (Lipinski definition) is 3. The maximum absolute atomic E-state index is 9.09. The SMILES string of the molecule is C=C(C#N)/C=C\Cc1cccc(-c2c3ccccc3c(-c3cccc(/C(N)=C/C=C(\C)C#N)c3)c3ccccc23)c1. The molecule has 0 aromatic heterocycles. The standard InChI is InChI=1S/C38H29N3/c1-26(24-39)10-7-11-28-12-8-14-30(22-28)37-32-16-3-5-18-34(32)38(35-19-6-4-17-33(35)37)31-15-9-13-29(23-31)36(41)21-20-27(2)25-40/h3-10,12-23H,1,11,41H2,2H3/b10-7-,27-20+,36-21-. The molecule has 0 radical (unpaired) electrons. The van der Waals surface area contributed by atoms with Gasteiger partial charge in [-0.15, -0.1) is 0 Å². The molecule has 0 fully saturated rings. The zero-order valence-electron chi connectivity index (χ0n) is 22.9. The van der Waals surface area contributed by atoms with E-state index in [4.69, 9.17) is 16.3 Å².